The Balaban J connectivity index is 5.61. The van der Waals surface area contributed by atoms with Crippen LogP contribution in [-0.4, -0.2) is 95.0 Å². The van der Waals surface area contributed by atoms with Gasteiger partial charge in [0, 0.05) is 19.5 Å². The number of amides is 4. The maximum absolute atomic E-state index is 13.0. The Morgan fingerprint density at radius 2 is 1.12 bits per heavy atom. The molecule has 17 N–H and O–H groups in total. The van der Waals surface area contributed by atoms with Gasteiger partial charge in [-0.2, -0.15) is 0 Å². The van der Waals surface area contributed by atoms with Gasteiger partial charge in [0.1, 0.15) is 18.1 Å². The van der Waals surface area contributed by atoms with E-state index in [2.05, 4.69) is 25.9 Å². The van der Waals surface area contributed by atoms with E-state index in [1.807, 2.05) is 0 Å². The molecule has 0 fully saturated rings. The van der Waals surface area contributed by atoms with Crippen LogP contribution < -0.4 is 50.4 Å². The molecular weight excluding hydrogens is 534 g/mol. The second-order valence-corrected chi connectivity index (χ2v) is 8.63. The van der Waals surface area contributed by atoms with Crippen molar-refractivity contribution in [3.05, 3.63) is 0 Å². The van der Waals surface area contributed by atoms with E-state index in [4.69, 9.17) is 39.5 Å². The van der Waals surface area contributed by atoms with Gasteiger partial charge in [0.15, 0.2) is 11.9 Å². The Hall–Kier alpha value is -4.68. The van der Waals surface area contributed by atoms with Gasteiger partial charge >= 0.3 is 11.9 Å². The molecular formula is C21H39N11O8. The molecule has 4 amide bonds. The maximum Gasteiger partial charge on any atom is 0.326 e. The first-order valence-electron chi connectivity index (χ1n) is 12.1. The van der Waals surface area contributed by atoms with Crippen molar-refractivity contribution in [3.63, 3.8) is 0 Å². The molecule has 0 bridgehead atoms. The van der Waals surface area contributed by atoms with Crippen LogP contribution in [0.5, 0.6) is 0 Å². The highest BCUT2D eigenvalue weighted by Gasteiger charge is 2.31. The fourth-order valence-electron chi connectivity index (χ4n) is 3.18. The largest absolute Gasteiger partial charge is 0.481 e. The number of nitrogens with one attached hydrogen (secondary N) is 3. The van der Waals surface area contributed by atoms with E-state index in [9.17, 15) is 33.9 Å². The number of primary amides is 1. The van der Waals surface area contributed by atoms with E-state index in [0.717, 1.165) is 0 Å². The molecule has 40 heavy (non-hydrogen) atoms. The van der Waals surface area contributed by atoms with Crippen molar-refractivity contribution in [1.82, 2.24) is 16.0 Å². The van der Waals surface area contributed by atoms with E-state index in [1.54, 1.807) is 0 Å². The van der Waals surface area contributed by atoms with Crippen LogP contribution in [0.1, 0.15) is 44.9 Å². The topological polar surface area (TPSA) is 360 Å². The van der Waals surface area contributed by atoms with Crippen LogP contribution in [0, 0.1) is 0 Å². The zero-order valence-corrected chi connectivity index (χ0v) is 21.9. The normalized spacial score (nSPS) is 13.4. The minimum atomic E-state index is -1.57. The molecule has 0 saturated heterocycles. The SMILES string of the molecule is NC(=O)CC(NC(=O)C(N)CCCN=C(N)N)C(=O)NC(CCCN=C(N)N)C(=O)NC(CCC(=O)O)C(=O)O. The average Bonchev–Trinajstić information content (AvgIpc) is 2.84. The molecule has 0 aromatic heterocycles. The summed E-state index contributed by atoms with van der Waals surface area (Å²) in [5.74, 6) is -6.81. The third kappa shape index (κ3) is 16.2. The number of carboxylic acids is 2. The summed E-state index contributed by atoms with van der Waals surface area (Å²) in [5.41, 5.74) is 32.0. The van der Waals surface area contributed by atoms with Crippen LogP contribution >= 0.6 is 0 Å². The van der Waals surface area contributed by atoms with Gasteiger partial charge in [-0.25, -0.2) is 4.79 Å². The second-order valence-electron chi connectivity index (χ2n) is 8.63. The van der Waals surface area contributed by atoms with Crippen LogP contribution in [-0.2, 0) is 28.8 Å². The van der Waals surface area contributed by atoms with E-state index >= 15 is 0 Å². The number of nitrogens with zero attached hydrogens (tertiary/aromatic N) is 2. The monoisotopic (exact) mass is 573 g/mol. The molecule has 0 aromatic rings. The van der Waals surface area contributed by atoms with Crippen LogP contribution in [0.3, 0.4) is 0 Å². The summed E-state index contributed by atoms with van der Waals surface area (Å²) in [7, 11) is 0. The predicted molar refractivity (Wildman–Crippen MR) is 142 cm³/mol. The number of hydrogen-bond donors (Lipinski definition) is 11. The summed E-state index contributed by atoms with van der Waals surface area (Å²) in [4.78, 5) is 79.8. The van der Waals surface area contributed by atoms with Gasteiger partial charge in [-0.3, -0.25) is 34.0 Å². The quantitative estimate of drug-likeness (QED) is 0.0368. The molecule has 0 heterocycles. The highest BCUT2D eigenvalue weighted by molar-refractivity contribution is 5.96. The third-order valence-corrected chi connectivity index (χ3v) is 5.18. The molecule has 19 nitrogen and oxygen atoms in total. The fraction of sp³-hybridized carbons (Fsp3) is 0.619. The van der Waals surface area contributed by atoms with Crippen molar-refractivity contribution < 1.29 is 39.0 Å². The lowest BCUT2D eigenvalue weighted by atomic mass is 10.1. The molecule has 0 aromatic carbocycles. The Morgan fingerprint density at radius 1 is 0.650 bits per heavy atom. The van der Waals surface area contributed by atoms with E-state index < -0.39 is 79.0 Å². The lowest BCUT2D eigenvalue weighted by Crippen LogP contribution is -2.57. The van der Waals surface area contributed by atoms with Crippen LogP contribution in [0.15, 0.2) is 9.98 Å². The third-order valence-electron chi connectivity index (χ3n) is 5.18. The molecule has 19 heteroatoms. The molecule has 0 aliphatic carbocycles. The van der Waals surface area contributed by atoms with Crippen molar-refractivity contribution in [2.75, 3.05) is 13.1 Å². The van der Waals surface area contributed by atoms with Gasteiger partial charge in [0.25, 0.3) is 0 Å². The molecule has 0 radical (unpaired) electrons. The lowest BCUT2D eigenvalue weighted by molar-refractivity contribution is -0.143. The van der Waals surface area contributed by atoms with Crippen LogP contribution in [0.4, 0.5) is 0 Å². The van der Waals surface area contributed by atoms with Crippen molar-refractivity contribution in [2.24, 2.45) is 44.4 Å². The molecule has 0 aliphatic rings. The molecule has 0 saturated carbocycles. The number of carboxylic acid groups (broad SMARTS) is 2. The van der Waals surface area contributed by atoms with Crippen LogP contribution in [0.2, 0.25) is 0 Å². The van der Waals surface area contributed by atoms with Crippen molar-refractivity contribution in [2.45, 2.75) is 69.1 Å². The first kappa shape index (κ1) is 35.3. The minimum Gasteiger partial charge on any atom is -0.481 e. The molecule has 0 spiro atoms. The highest BCUT2D eigenvalue weighted by Crippen LogP contribution is 2.05. The zero-order valence-electron chi connectivity index (χ0n) is 21.9. The van der Waals surface area contributed by atoms with Gasteiger partial charge in [-0.1, -0.05) is 0 Å². The zero-order chi connectivity index (χ0) is 30.8. The fourth-order valence-corrected chi connectivity index (χ4v) is 3.18. The Morgan fingerprint density at radius 3 is 1.60 bits per heavy atom. The number of rotatable bonds is 20. The molecule has 4 atom stereocenters. The number of hydrogen-bond acceptors (Lipinski definition) is 9. The summed E-state index contributed by atoms with van der Waals surface area (Å²) < 4.78 is 0. The number of carbonyl (C=O) groups excluding carboxylic acids is 4. The number of carbonyl (C=O) groups is 6. The van der Waals surface area contributed by atoms with Crippen molar-refractivity contribution in [1.29, 1.82) is 0 Å². The van der Waals surface area contributed by atoms with E-state index in [1.165, 1.54) is 0 Å². The predicted octanol–water partition coefficient (Wildman–Crippen LogP) is -5.30. The van der Waals surface area contributed by atoms with Crippen molar-refractivity contribution in [3.8, 4) is 0 Å². The molecule has 226 valence electrons. The van der Waals surface area contributed by atoms with Crippen LogP contribution in [0.25, 0.3) is 0 Å². The minimum absolute atomic E-state index is 0.0551. The first-order valence-corrected chi connectivity index (χ1v) is 12.1. The number of guanidine groups is 2. The van der Waals surface area contributed by atoms with Gasteiger partial charge in [-0.15, -0.1) is 0 Å². The Labute approximate surface area is 229 Å². The summed E-state index contributed by atoms with van der Waals surface area (Å²) in [6.07, 6.45) is -1.08. The second kappa shape index (κ2) is 18.6. The summed E-state index contributed by atoms with van der Waals surface area (Å²) in [6, 6.07) is -5.57. The standard InChI is InChI=1S/C21H39N11O8/c22-10(3-1-7-28-20(24)25)16(36)32-13(9-14(23)33)18(38)30-11(4-2-8-29-21(26)27)17(37)31-12(19(39)40)5-6-15(34)35/h10-13H,1-9,22H2,(H2,23,33)(H,30,38)(H,31,37)(H,32,36)(H,34,35)(H,39,40)(H4,24,25,28)(H4,26,27,29). The number of nitrogens with two attached hydrogens (primary N) is 6. The van der Waals surface area contributed by atoms with Gasteiger partial charge in [0.05, 0.1) is 12.5 Å². The van der Waals surface area contributed by atoms with E-state index in [-0.39, 0.29) is 44.3 Å². The molecule has 0 rings (SSSR count). The summed E-state index contributed by atoms with van der Waals surface area (Å²) in [6.45, 7) is 0.258. The van der Waals surface area contributed by atoms with Gasteiger partial charge < -0.3 is 60.6 Å². The number of aliphatic imine (C=N–C) groups is 2. The highest BCUT2D eigenvalue weighted by atomic mass is 16.4. The van der Waals surface area contributed by atoms with Crippen molar-refractivity contribution >= 4 is 47.5 Å². The smallest absolute Gasteiger partial charge is 0.326 e. The Bertz CT molecular complexity index is 964. The Kier molecular flexibility index (Phi) is 16.4. The maximum atomic E-state index is 13.0. The summed E-state index contributed by atoms with van der Waals surface area (Å²) >= 11 is 0. The molecule has 0 aliphatic heterocycles. The number of aliphatic carboxylic acids is 2. The first-order chi connectivity index (χ1) is 18.6. The summed E-state index contributed by atoms with van der Waals surface area (Å²) in [5, 5.41) is 25.0. The molecule has 4 unspecified atom stereocenters. The lowest BCUT2D eigenvalue weighted by Gasteiger charge is -2.24. The average molecular weight is 574 g/mol. The van der Waals surface area contributed by atoms with E-state index in [0.29, 0.717) is 6.42 Å². The van der Waals surface area contributed by atoms with Gasteiger partial charge in [0.2, 0.25) is 23.6 Å². The van der Waals surface area contributed by atoms with Gasteiger partial charge in [-0.05, 0) is 32.1 Å².